The summed E-state index contributed by atoms with van der Waals surface area (Å²) in [7, 11) is 3.83. The molecule has 21 heteroatoms. The van der Waals surface area contributed by atoms with Crippen LogP contribution in [0.2, 0.25) is 5.02 Å². The molecule has 3 amide bonds. The van der Waals surface area contributed by atoms with Gasteiger partial charge in [0.25, 0.3) is 10.1 Å². The molecule has 2 saturated heterocycles. The highest BCUT2D eigenvalue weighted by Crippen LogP contribution is 2.54. The third kappa shape index (κ3) is 11.0. The van der Waals surface area contributed by atoms with Gasteiger partial charge in [-0.15, -0.1) is 0 Å². The first kappa shape index (κ1) is 48.5. The van der Waals surface area contributed by atoms with Crippen LogP contribution in [0.3, 0.4) is 0 Å². The number of alkyl carbamates (subject to hydrolysis) is 1. The van der Waals surface area contributed by atoms with Crippen LogP contribution in [-0.2, 0) is 49.9 Å². The zero-order valence-corrected chi connectivity index (χ0v) is 38.4. The molecule has 0 radical (unpaired) electrons. The van der Waals surface area contributed by atoms with E-state index < -0.39 is 80.4 Å². The zero-order valence-electron chi connectivity index (χ0n) is 35.2. The third-order valence-corrected chi connectivity index (χ3v) is 15.9. The van der Waals surface area contributed by atoms with E-state index in [2.05, 4.69) is 5.32 Å². The Morgan fingerprint density at radius 2 is 1.90 bits per heavy atom. The Morgan fingerprint density at radius 3 is 2.54 bits per heavy atom. The monoisotopic (exact) mass is 931 g/mol. The van der Waals surface area contributed by atoms with E-state index in [1.807, 2.05) is 26.0 Å². The van der Waals surface area contributed by atoms with Gasteiger partial charge in [0, 0.05) is 51.0 Å². The van der Waals surface area contributed by atoms with Crippen molar-refractivity contribution in [3.63, 3.8) is 0 Å². The van der Waals surface area contributed by atoms with E-state index in [9.17, 15) is 42.4 Å². The Morgan fingerprint density at radius 1 is 1.20 bits per heavy atom. The molecule has 2 fully saturated rings. The lowest BCUT2D eigenvalue weighted by atomic mass is 9.83. The Balaban J connectivity index is 1.40. The van der Waals surface area contributed by atoms with Crippen LogP contribution in [0.15, 0.2) is 47.8 Å². The number of epoxide rings is 1. The van der Waals surface area contributed by atoms with Crippen molar-refractivity contribution in [2.75, 3.05) is 39.0 Å². The molecule has 4 N–H and O–H groups in total. The number of allylic oxidation sites excluding steroid dienone is 3. The molecule has 5 rings (SSSR count). The molecule has 0 aliphatic carbocycles. The molecule has 61 heavy (non-hydrogen) atoms. The number of methoxy groups -OCH3 is 2. The molecule has 4 heterocycles. The quantitative estimate of drug-likeness (QED) is 0.0905. The predicted molar refractivity (Wildman–Crippen MR) is 230 cm³/mol. The van der Waals surface area contributed by atoms with Crippen molar-refractivity contribution in [1.29, 1.82) is 0 Å². The number of aliphatic hydroxyl groups is 1. The molecular weight excluding hydrogens is 878 g/mol. The molecule has 1 aromatic rings. The zero-order chi connectivity index (χ0) is 45.2. The van der Waals surface area contributed by atoms with Crippen LogP contribution in [0.4, 0.5) is 10.5 Å². The number of carbonyl (C=O) groups excluding carboxylic acids is 3. The fraction of sp³-hybridized carbons (Fsp3) is 0.600. The number of fused-ring (bicyclic) bond motifs is 4. The molecule has 2 unspecified atom stereocenters. The summed E-state index contributed by atoms with van der Waals surface area (Å²) in [6.07, 6.45) is 2.83. The van der Waals surface area contributed by atoms with Crippen LogP contribution >= 0.6 is 33.2 Å². The van der Waals surface area contributed by atoms with Crippen molar-refractivity contribution in [3.05, 3.63) is 58.4 Å². The molecule has 4 aliphatic heterocycles. The van der Waals surface area contributed by atoms with E-state index in [1.54, 1.807) is 52.2 Å². The molecule has 1 spiro atoms. The number of amides is 3. The van der Waals surface area contributed by atoms with Crippen LogP contribution in [0, 0.1) is 5.92 Å². The normalized spacial score (nSPS) is 30.7. The number of ether oxygens (including phenoxy) is 5. The van der Waals surface area contributed by atoms with Gasteiger partial charge in [0.15, 0.2) is 16.6 Å². The molecule has 10 atom stereocenters. The van der Waals surface area contributed by atoms with Crippen molar-refractivity contribution in [2.24, 2.45) is 5.92 Å². The van der Waals surface area contributed by atoms with Crippen LogP contribution in [0.1, 0.15) is 58.9 Å². The summed E-state index contributed by atoms with van der Waals surface area (Å²) in [6, 6.07) is 2.98. The number of hydrogen-bond acceptors (Lipinski definition) is 14. The number of rotatable bonds is 13. The van der Waals surface area contributed by atoms with Crippen LogP contribution in [0.5, 0.6) is 5.75 Å². The van der Waals surface area contributed by atoms with Crippen LogP contribution < -0.4 is 15.0 Å². The molecule has 0 saturated carbocycles. The molecule has 17 nitrogen and oxygen atoms in total. The van der Waals surface area contributed by atoms with E-state index in [-0.39, 0.29) is 42.5 Å². The summed E-state index contributed by atoms with van der Waals surface area (Å²) in [5, 5.41) is 21.4. The minimum Gasteiger partial charge on any atom is -0.495 e. The third-order valence-electron chi connectivity index (χ3n) is 11.5. The molecule has 4 bridgehead atoms. The first-order valence-electron chi connectivity index (χ1n) is 19.6. The molecule has 1 aromatic carbocycles. The summed E-state index contributed by atoms with van der Waals surface area (Å²) in [6.45, 7) is 7.14. The number of aliphatic carboxylic acids is 1. The maximum absolute atomic E-state index is 14.2. The summed E-state index contributed by atoms with van der Waals surface area (Å²) >= 11 is 6.79. The Hall–Kier alpha value is -3.50. The molecule has 338 valence electrons. The largest absolute Gasteiger partial charge is 0.495 e. The van der Waals surface area contributed by atoms with Gasteiger partial charge < -0.3 is 43.7 Å². The number of carboxylic acid groups (broad SMARTS) is 1. The van der Waals surface area contributed by atoms with E-state index in [0.29, 0.717) is 29.4 Å². The van der Waals surface area contributed by atoms with Crippen molar-refractivity contribution >= 4 is 72.9 Å². The van der Waals surface area contributed by atoms with Gasteiger partial charge in [0.2, 0.25) is 11.8 Å². The Kier molecular flexibility index (Phi) is 15.5. The Bertz CT molecular complexity index is 2070. The van der Waals surface area contributed by atoms with Crippen LogP contribution in [0.25, 0.3) is 0 Å². The van der Waals surface area contributed by atoms with Crippen molar-refractivity contribution in [3.8, 4) is 5.75 Å². The van der Waals surface area contributed by atoms with Crippen molar-refractivity contribution in [1.82, 2.24) is 10.2 Å². The number of anilines is 1. The van der Waals surface area contributed by atoms with Gasteiger partial charge in [0.05, 0.1) is 25.3 Å². The van der Waals surface area contributed by atoms with Crippen molar-refractivity contribution < 1.29 is 66.0 Å². The average Bonchev–Trinajstić information content (AvgIpc) is 3.80. The minimum atomic E-state index is -4.78. The molecular formula is C40H54ClN3O14S3. The second-order valence-electron chi connectivity index (χ2n) is 15.9. The number of nitrogens with zero attached hydrogens (tertiary/aromatic N) is 2. The lowest BCUT2D eigenvalue weighted by molar-refractivity contribution is -0.142. The summed E-state index contributed by atoms with van der Waals surface area (Å²) < 4.78 is 62.2. The van der Waals surface area contributed by atoms with E-state index in [1.165, 1.54) is 45.6 Å². The summed E-state index contributed by atoms with van der Waals surface area (Å²) in [5.74, 6) is -1.70. The van der Waals surface area contributed by atoms with E-state index in [0.717, 1.165) is 11.1 Å². The van der Waals surface area contributed by atoms with Gasteiger partial charge >= 0.3 is 12.1 Å². The molecule has 4 aliphatic rings. The van der Waals surface area contributed by atoms with Gasteiger partial charge in [-0.3, -0.25) is 24.3 Å². The highest BCUT2D eigenvalue weighted by molar-refractivity contribution is 8.76. The highest BCUT2D eigenvalue weighted by atomic mass is 35.5. The molecule has 0 aromatic heterocycles. The predicted octanol–water partition coefficient (Wildman–Crippen LogP) is 4.76. The van der Waals surface area contributed by atoms with Crippen LogP contribution in [-0.4, -0.2) is 138 Å². The maximum Gasteiger partial charge on any atom is 0.409 e. The number of nitrogens with one attached hydrogen (secondary N) is 1. The van der Waals surface area contributed by atoms with Gasteiger partial charge in [0.1, 0.15) is 40.9 Å². The number of benzene rings is 1. The minimum absolute atomic E-state index is 0.0569. The van der Waals surface area contributed by atoms with Crippen molar-refractivity contribution in [2.45, 2.75) is 112 Å². The van der Waals surface area contributed by atoms with Gasteiger partial charge in [-0.2, -0.15) is 8.42 Å². The SMILES string of the molecule is COc1cc2cc(c1Cl)N(C)C(=O)C[C@@H]1OC([C@H](C)N(C)C(=O)CCSSC(C)CC(C(=O)O)S(=O)(=O)O)=C[C@]13O[C@H]3[C@H](C)[C@@H]1C[C@@](O)(NC(=O)O1)[C@H](OC)/C=C/C=C(\C)C2. The average molecular weight is 933 g/mol. The number of likely N-dealkylation sites (N-methyl/N-ethyl adjacent to an activating group) is 1. The summed E-state index contributed by atoms with van der Waals surface area (Å²) in [4.78, 5) is 54.9. The maximum atomic E-state index is 14.2. The highest BCUT2D eigenvalue weighted by Gasteiger charge is 2.68. The smallest absolute Gasteiger partial charge is 0.409 e. The number of carbonyl (C=O) groups is 4. The fourth-order valence-corrected chi connectivity index (χ4v) is 11.3. The lowest BCUT2D eigenvalue weighted by Gasteiger charge is -2.42. The topological polar surface area (TPSA) is 231 Å². The lowest BCUT2D eigenvalue weighted by Crippen LogP contribution is -2.63. The standard InChI is InChI=1S/C40H54ClN3O14S3/c1-21-10-9-11-31(55-8)40(50)20-28(57-38(49)42-40)23(3)36-39(58-36)19-29(56-32(39)18-34(46)44(6)26-16-25(14-21)17-27(54-7)35(26)41)24(4)43(5)33(45)12-13-59-60-22(2)15-30(37(47)48)61(51,52)53/h9-11,16-17,19,22-24,28,30-32,36,50H,12-15,18,20H2,1-8H3,(H,42,49)(H,47,48)(H,51,52,53)/b11-9+,21-10+/t22?,23-,24+,28+,30?,31-,32+,36+,39+,40+/m1/s1. The van der Waals surface area contributed by atoms with Gasteiger partial charge in [-0.1, -0.05) is 70.8 Å². The summed E-state index contributed by atoms with van der Waals surface area (Å²) in [5.41, 5.74) is -0.864. The first-order valence-corrected chi connectivity index (χ1v) is 23.8. The van der Waals surface area contributed by atoms with Gasteiger partial charge in [-0.25, -0.2) is 4.79 Å². The number of carboxylic acids is 1. The Labute approximate surface area is 368 Å². The number of halogens is 1. The second kappa shape index (κ2) is 19.5. The fourth-order valence-electron chi connectivity index (χ4n) is 7.79. The first-order chi connectivity index (χ1) is 28.5. The second-order valence-corrected chi connectivity index (χ2v) is 20.8. The van der Waals surface area contributed by atoms with Gasteiger partial charge in [-0.05, 0) is 50.5 Å². The van der Waals surface area contributed by atoms with E-state index >= 15 is 0 Å². The van der Waals surface area contributed by atoms with E-state index in [4.69, 9.17) is 35.3 Å². The number of hydrogen-bond donors (Lipinski definition) is 4.